The Labute approximate surface area is 185 Å². The van der Waals surface area contributed by atoms with Crippen LogP contribution < -0.4 is 20.1 Å². The number of nitrogens with zero attached hydrogens (tertiary/aromatic N) is 4. The summed E-state index contributed by atoms with van der Waals surface area (Å²) >= 11 is 0. The van der Waals surface area contributed by atoms with Crippen molar-refractivity contribution in [2.75, 3.05) is 24.9 Å². The molecule has 0 radical (unpaired) electrons. The largest absolute Gasteiger partial charge is 0.497 e. The van der Waals surface area contributed by atoms with Crippen LogP contribution in [0.2, 0.25) is 0 Å². The number of methoxy groups -OCH3 is 2. The molecule has 0 aliphatic carbocycles. The van der Waals surface area contributed by atoms with E-state index in [0.29, 0.717) is 18.1 Å². The molecule has 9 nitrogen and oxygen atoms in total. The molecule has 0 saturated carbocycles. The molecule has 2 aromatic heterocycles. The smallest absolute Gasteiger partial charge is 0.277 e. The van der Waals surface area contributed by atoms with Crippen LogP contribution in [0.25, 0.3) is 0 Å². The first-order valence-corrected chi connectivity index (χ1v) is 9.85. The van der Waals surface area contributed by atoms with Crippen LogP contribution in [0.15, 0.2) is 73.1 Å². The molecular formula is C23H22N6O3. The summed E-state index contributed by atoms with van der Waals surface area (Å²) in [5.74, 6) is 1.64. The molecule has 4 rings (SSSR count). The van der Waals surface area contributed by atoms with Gasteiger partial charge in [0.2, 0.25) is 0 Å². The van der Waals surface area contributed by atoms with E-state index in [1.54, 1.807) is 43.4 Å². The van der Waals surface area contributed by atoms with Crippen LogP contribution in [0.3, 0.4) is 0 Å². The number of pyridine rings is 1. The third-order valence-electron chi connectivity index (χ3n) is 4.66. The quantitative estimate of drug-likeness (QED) is 0.439. The van der Waals surface area contributed by atoms with Crippen LogP contribution in [0, 0.1) is 0 Å². The molecule has 0 bridgehead atoms. The minimum Gasteiger partial charge on any atom is -0.497 e. The molecule has 2 heterocycles. The van der Waals surface area contributed by atoms with Gasteiger partial charge in [0.15, 0.2) is 11.5 Å². The number of anilines is 3. The lowest BCUT2D eigenvalue weighted by atomic mass is 10.2. The fraction of sp³-hybridized carbons (Fsp3) is 0.130. The van der Waals surface area contributed by atoms with Crippen molar-refractivity contribution in [1.29, 1.82) is 0 Å². The highest BCUT2D eigenvalue weighted by atomic mass is 16.5. The van der Waals surface area contributed by atoms with Gasteiger partial charge in [0.25, 0.3) is 5.91 Å². The first kappa shape index (κ1) is 20.9. The van der Waals surface area contributed by atoms with E-state index in [1.807, 2.05) is 48.5 Å². The van der Waals surface area contributed by atoms with Gasteiger partial charge in [0, 0.05) is 11.9 Å². The van der Waals surface area contributed by atoms with Crippen LogP contribution in [-0.2, 0) is 6.54 Å². The summed E-state index contributed by atoms with van der Waals surface area (Å²) in [6, 6.07) is 18.5. The zero-order valence-corrected chi connectivity index (χ0v) is 17.6. The van der Waals surface area contributed by atoms with Gasteiger partial charge in [0.1, 0.15) is 11.5 Å². The van der Waals surface area contributed by atoms with E-state index in [1.165, 1.54) is 0 Å². The molecule has 0 unspecified atom stereocenters. The standard InChI is InChI=1S/C23H22N6O3/c1-31-18-10-8-17(9-11-18)25-22-20(7-4-12-24-22)26-23(30)21-15-29(28-27-21)14-16-5-3-6-19(13-16)32-2/h3-13,15H,14H2,1-2H3,(H,24,25)(H,26,30). The number of nitrogens with one attached hydrogen (secondary N) is 2. The van der Waals surface area contributed by atoms with Crippen LogP contribution in [0.1, 0.15) is 16.1 Å². The van der Waals surface area contributed by atoms with Gasteiger partial charge in [-0.3, -0.25) is 4.79 Å². The topological polar surface area (TPSA) is 103 Å². The SMILES string of the molecule is COc1ccc(Nc2ncccc2NC(=O)c2cn(Cc3cccc(OC)c3)nn2)cc1. The van der Waals surface area contributed by atoms with Gasteiger partial charge in [-0.25, -0.2) is 9.67 Å². The maximum atomic E-state index is 12.7. The summed E-state index contributed by atoms with van der Waals surface area (Å²) in [4.78, 5) is 17.1. The van der Waals surface area contributed by atoms with Crippen molar-refractivity contribution in [3.8, 4) is 11.5 Å². The monoisotopic (exact) mass is 430 g/mol. The number of hydrogen-bond donors (Lipinski definition) is 2. The van der Waals surface area contributed by atoms with Crippen molar-refractivity contribution in [3.63, 3.8) is 0 Å². The molecule has 2 N–H and O–H groups in total. The average molecular weight is 430 g/mol. The van der Waals surface area contributed by atoms with Crippen LogP contribution >= 0.6 is 0 Å². The highest BCUT2D eigenvalue weighted by Gasteiger charge is 2.14. The normalized spacial score (nSPS) is 10.4. The van der Waals surface area contributed by atoms with Gasteiger partial charge in [-0.05, 0) is 54.1 Å². The second kappa shape index (κ2) is 9.61. The maximum Gasteiger partial charge on any atom is 0.277 e. The first-order valence-electron chi connectivity index (χ1n) is 9.85. The zero-order chi connectivity index (χ0) is 22.3. The lowest BCUT2D eigenvalue weighted by Gasteiger charge is -2.11. The molecule has 0 aliphatic rings. The Hall–Kier alpha value is -4.40. The van der Waals surface area contributed by atoms with Crippen molar-refractivity contribution in [3.05, 3.63) is 84.3 Å². The molecule has 0 atom stereocenters. The van der Waals surface area contributed by atoms with Gasteiger partial charge < -0.3 is 20.1 Å². The van der Waals surface area contributed by atoms with E-state index in [4.69, 9.17) is 9.47 Å². The Morgan fingerprint density at radius 1 is 1.00 bits per heavy atom. The maximum absolute atomic E-state index is 12.7. The van der Waals surface area contributed by atoms with Crippen LogP contribution in [0.5, 0.6) is 11.5 Å². The molecule has 32 heavy (non-hydrogen) atoms. The minimum atomic E-state index is -0.382. The number of hydrogen-bond acceptors (Lipinski definition) is 7. The molecule has 4 aromatic rings. The van der Waals surface area contributed by atoms with E-state index in [0.717, 1.165) is 22.7 Å². The Bertz CT molecular complexity index is 1210. The minimum absolute atomic E-state index is 0.201. The molecule has 2 aromatic carbocycles. The number of ether oxygens (including phenoxy) is 2. The van der Waals surface area contributed by atoms with E-state index >= 15 is 0 Å². The molecule has 9 heteroatoms. The molecule has 0 fully saturated rings. The Balaban J connectivity index is 1.45. The lowest BCUT2D eigenvalue weighted by Crippen LogP contribution is -2.14. The van der Waals surface area contributed by atoms with Gasteiger partial charge in [-0.2, -0.15) is 0 Å². The summed E-state index contributed by atoms with van der Waals surface area (Å²) in [5, 5.41) is 14.1. The molecular weight excluding hydrogens is 408 g/mol. The second-order valence-electron chi connectivity index (χ2n) is 6.86. The number of aromatic nitrogens is 4. The van der Waals surface area contributed by atoms with Crippen molar-refractivity contribution in [2.24, 2.45) is 0 Å². The van der Waals surface area contributed by atoms with Crippen molar-refractivity contribution in [1.82, 2.24) is 20.0 Å². The Kier molecular flexibility index (Phi) is 6.26. The predicted molar refractivity (Wildman–Crippen MR) is 121 cm³/mol. The first-order chi connectivity index (χ1) is 15.6. The highest BCUT2D eigenvalue weighted by Crippen LogP contribution is 2.24. The van der Waals surface area contributed by atoms with Crippen LogP contribution in [0.4, 0.5) is 17.2 Å². The van der Waals surface area contributed by atoms with Crippen LogP contribution in [-0.4, -0.2) is 40.1 Å². The molecule has 0 aliphatic heterocycles. The lowest BCUT2D eigenvalue weighted by molar-refractivity contribution is 0.102. The second-order valence-corrected chi connectivity index (χ2v) is 6.86. The average Bonchev–Trinajstić information content (AvgIpc) is 3.29. The number of carbonyl (C=O) groups excluding carboxylic acids is 1. The highest BCUT2D eigenvalue weighted by molar-refractivity contribution is 6.04. The molecule has 0 saturated heterocycles. The third kappa shape index (κ3) is 5.01. The fourth-order valence-corrected chi connectivity index (χ4v) is 3.04. The summed E-state index contributed by atoms with van der Waals surface area (Å²) in [6.07, 6.45) is 3.24. The van der Waals surface area contributed by atoms with Gasteiger partial charge >= 0.3 is 0 Å². The fourth-order valence-electron chi connectivity index (χ4n) is 3.04. The van der Waals surface area contributed by atoms with E-state index in [2.05, 4.69) is 25.9 Å². The summed E-state index contributed by atoms with van der Waals surface area (Å²) in [5.41, 5.74) is 2.52. The van der Waals surface area contributed by atoms with Gasteiger partial charge in [-0.15, -0.1) is 5.10 Å². The van der Waals surface area contributed by atoms with Crippen molar-refractivity contribution < 1.29 is 14.3 Å². The predicted octanol–water partition coefficient (Wildman–Crippen LogP) is 3.73. The molecule has 1 amide bonds. The summed E-state index contributed by atoms with van der Waals surface area (Å²) in [7, 11) is 3.23. The number of amides is 1. The van der Waals surface area contributed by atoms with E-state index in [9.17, 15) is 4.79 Å². The Morgan fingerprint density at radius 2 is 1.81 bits per heavy atom. The van der Waals surface area contributed by atoms with Crippen molar-refractivity contribution in [2.45, 2.75) is 6.54 Å². The van der Waals surface area contributed by atoms with Crippen molar-refractivity contribution >= 4 is 23.1 Å². The van der Waals surface area contributed by atoms with Gasteiger partial charge in [-0.1, -0.05) is 17.3 Å². The number of carbonyl (C=O) groups is 1. The number of benzene rings is 2. The van der Waals surface area contributed by atoms with E-state index < -0.39 is 0 Å². The summed E-state index contributed by atoms with van der Waals surface area (Å²) < 4.78 is 12.0. The Morgan fingerprint density at radius 3 is 2.59 bits per heavy atom. The zero-order valence-electron chi connectivity index (χ0n) is 17.6. The van der Waals surface area contributed by atoms with Gasteiger partial charge in [0.05, 0.1) is 32.6 Å². The third-order valence-corrected chi connectivity index (χ3v) is 4.66. The molecule has 162 valence electrons. The molecule has 0 spiro atoms. The number of rotatable bonds is 8. The summed E-state index contributed by atoms with van der Waals surface area (Å²) in [6.45, 7) is 0.467. The van der Waals surface area contributed by atoms with E-state index in [-0.39, 0.29) is 11.6 Å².